The highest BCUT2D eigenvalue weighted by atomic mass is 32.2. The molecule has 130 valence electrons. The van der Waals surface area contributed by atoms with Gasteiger partial charge in [-0.15, -0.1) is 0 Å². The first kappa shape index (κ1) is 19.4. The molecule has 2 N–H and O–H groups in total. The van der Waals surface area contributed by atoms with E-state index in [1.165, 1.54) is 6.26 Å². The topological polar surface area (TPSA) is 79.8 Å². The number of guanidine groups is 1. The maximum Gasteiger partial charge on any atom is 0.191 e. The van der Waals surface area contributed by atoms with Crippen molar-refractivity contribution < 1.29 is 13.2 Å². The molecule has 0 heterocycles. The molecule has 0 aliphatic carbocycles. The molecule has 0 aliphatic heterocycles. The molecule has 23 heavy (non-hydrogen) atoms. The Labute approximate surface area is 139 Å². The van der Waals surface area contributed by atoms with E-state index in [0.29, 0.717) is 24.7 Å². The van der Waals surface area contributed by atoms with Crippen LogP contribution in [-0.2, 0) is 21.0 Å². The quantitative estimate of drug-likeness (QED) is 0.401. The first-order valence-electron chi connectivity index (χ1n) is 7.86. The van der Waals surface area contributed by atoms with Crippen molar-refractivity contribution in [3.05, 3.63) is 29.8 Å². The lowest BCUT2D eigenvalue weighted by Crippen LogP contribution is -2.38. The number of hydrogen-bond acceptors (Lipinski definition) is 4. The van der Waals surface area contributed by atoms with Crippen molar-refractivity contribution in [2.45, 2.75) is 25.2 Å². The Morgan fingerprint density at radius 2 is 1.87 bits per heavy atom. The summed E-state index contributed by atoms with van der Waals surface area (Å²) in [4.78, 5) is 4.77. The fourth-order valence-electron chi connectivity index (χ4n) is 1.94. The summed E-state index contributed by atoms with van der Waals surface area (Å²) in [5.41, 5.74) is 1.08. The van der Waals surface area contributed by atoms with Crippen LogP contribution in [0.1, 0.15) is 19.4 Å². The highest BCUT2D eigenvalue weighted by Crippen LogP contribution is 2.10. The van der Waals surface area contributed by atoms with Gasteiger partial charge in [0.15, 0.2) is 15.8 Å². The lowest BCUT2D eigenvalue weighted by Gasteiger charge is -2.11. The molecular formula is C16H27N3O3S. The molecule has 0 aromatic heterocycles. The minimum absolute atomic E-state index is 0.347. The molecule has 0 aliphatic rings. The predicted molar refractivity (Wildman–Crippen MR) is 93.7 cm³/mol. The first-order chi connectivity index (χ1) is 11.0. The van der Waals surface area contributed by atoms with E-state index in [9.17, 15) is 8.42 Å². The van der Waals surface area contributed by atoms with E-state index in [1.54, 1.807) is 12.1 Å². The SMILES string of the molecule is CCNC(=NCCOCC)NCCc1ccc(S(C)(=O)=O)cc1. The summed E-state index contributed by atoms with van der Waals surface area (Å²) >= 11 is 0. The van der Waals surface area contributed by atoms with Crippen molar-refractivity contribution in [3.63, 3.8) is 0 Å². The minimum atomic E-state index is -3.13. The van der Waals surface area contributed by atoms with Crippen molar-refractivity contribution in [1.82, 2.24) is 10.6 Å². The first-order valence-corrected chi connectivity index (χ1v) is 9.75. The molecule has 0 radical (unpaired) electrons. The zero-order valence-electron chi connectivity index (χ0n) is 14.1. The van der Waals surface area contributed by atoms with Gasteiger partial charge in [-0.25, -0.2) is 8.42 Å². The van der Waals surface area contributed by atoms with E-state index in [2.05, 4.69) is 15.6 Å². The third-order valence-electron chi connectivity index (χ3n) is 3.11. The second-order valence-corrected chi connectivity index (χ2v) is 7.07. The maximum absolute atomic E-state index is 11.4. The van der Waals surface area contributed by atoms with E-state index in [1.807, 2.05) is 26.0 Å². The van der Waals surface area contributed by atoms with Crippen LogP contribution in [0.5, 0.6) is 0 Å². The number of ether oxygens (including phenoxy) is 1. The van der Waals surface area contributed by atoms with E-state index in [0.717, 1.165) is 31.0 Å². The molecule has 0 spiro atoms. The fourth-order valence-corrected chi connectivity index (χ4v) is 2.57. The second-order valence-electron chi connectivity index (χ2n) is 5.05. The Morgan fingerprint density at radius 1 is 1.17 bits per heavy atom. The van der Waals surface area contributed by atoms with E-state index in [4.69, 9.17) is 4.74 Å². The van der Waals surface area contributed by atoms with Crippen LogP contribution in [0.15, 0.2) is 34.2 Å². The van der Waals surface area contributed by atoms with Crippen LogP contribution in [0, 0.1) is 0 Å². The lowest BCUT2D eigenvalue weighted by atomic mass is 10.1. The standard InChI is InChI=1S/C16H27N3O3S/c1-4-17-16(19-12-13-22-5-2)18-11-10-14-6-8-15(9-7-14)23(3,20)21/h6-9H,4-5,10-13H2,1-3H3,(H2,17,18,19). The summed E-state index contributed by atoms with van der Waals surface area (Å²) in [7, 11) is -3.13. The Morgan fingerprint density at radius 3 is 2.43 bits per heavy atom. The molecule has 0 unspecified atom stereocenters. The summed E-state index contributed by atoms with van der Waals surface area (Å²) in [5.74, 6) is 0.764. The Balaban J connectivity index is 2.46. The van der Waals surface area contributed by atoms with Crippen LogP contribution in [-0.4, -0.2) is 53.5 Å². The van der Waals surface area contributed by atoms with Crippen LogP contribution < -0.4 is 10.6 Å². The third-order valence-corrected chi connectivity index (χ3v) is 4.24. The van der Waals surface area contributed by atoms with Crippen molar-refractivity contribution in [1.29, 1.82) is 0 Å². The molecule has 1 aromatic carbocycles. The average molecular weight is 341 g/mol. The molecule has 7 heteroatoms. The highest BCUT2D eigenvalue weighted by Gasteiger charge is 2.06. The fraction of sp³-hybridized carbons (Fsp3) is 0.562. The predicted octanol–water partition coefficient (Wildman–Crippen LogP) is 1.22. The maximum atomic E-state index is 11.4. The van der Waals surface area contributed by atoms with Gasteiger partial charge in [-0.1, -0.05) is 12.1 Å². The van der Waals surface area contributed by atoms with Gasteiger partial charge in [0, 0.05) is 26.0 Å². The number of rotatable bonds is 9. The molecular weight excluding hydrogens is 314 g/mol. The lowest BCUT2D eigenvalue weighted by molar-refractivity contribution is 0.155. The van der Waals surface area contributed by atoms with E-state index in [-0.39, 0.29) is 0 Å². The molecule has 0 fully saturated rings. The van der Waals surface area contributed by atoms with Crippen molar-refractivity contribution >= 4 is 15.8 Å². The molecule has 0 saturated carbocycles. The average Bonchev–Trinajstić information content (AvgIpc) is 2.51. The largest absolute Gasteiger partial charge is 0.380 e. The van der Waals surface area contributed by atoms with E-state index < -0.39 is 9.84 Å². The van der Waals surface area contributed by atoms with Gasteiger partial charge >= 0.3 is 0 Å². The Hall–Kier alpha value is -1.60. The number of nitrogens with zero attached hydrogens (tertiary/aromatic N) is 1. The van der Waals surface area contributed by atoms with Gasteiger partial charge in [-0.05, 0) is 38.0 Å². The van der Waals surface area contributed by atoms with Gasteiger partial charge in [-0.2, -0.15) is 0 Å². The number of nitrogens with one attached hydrogen (secondary N) is 2. The molecule has 0 atom stereocenters. The highest BCUT2D eigenvalue weighted by molar-refractivity contribution is 7.90. The van der Waals surface area contributed by atoms with Gasteiger partial charge in [-0.3, -0.25) is 4.99 Å². The van der Waals surface area contributed by atoms with Gasteiger partial charge in [0.2, 0.25) is 0 Å². The van der Waals surface area contributed by atoms with Crippen LogP contribution in [0.2, 0.25) is 0 Å². The van der Waals surface area contributed by atoms with Gasteiger partial charge in [0.25, 0.3) is 0 Å². The van der Waals surface area contributed by atoms with Gasteiger partial charge in [0.1, 0.15) is 0 Å². The molecule has 0 amide bonds. The van der Waals surface area contributed by atoms with Crippen LogP contribution in [0.25, 0.3) is 0 Å². The molecule has 0 saturated heterocycles. The summed E-state index contributed by atoms with van der Waals surface area (Å²) in [6, 6.07) is 6.98. The normalized spacial score (nSPS) is 12.2. The molecule has 6 nitrogen and oxygen atoms in total. The number of hydrogen-bond donors (Lipinski definition) is 2. The Bertz CT molecular complexity index is 583. The monoisotopic (exact) mass is 341 g/mol. The number of sulfone groups is 1. The van der Waals surface area contributed by atoms with Crippen LogP contribution >= 0.6 is 0 Å². The molecule has 1 rings (SSSR count). The van der Waals surface area contributed by atoms with Crippen LogP contribution in [0.4, 0.5) is 0 Å². The minimum Gasteiger partial charge on any atom is -0.380 e. The summed E-state index contributed by atoms with van der Waals surface area (Å²) in [6.45, 7) is 7.42. The molecule has 0 bridgehead atoms. The smallest absolute Gasteiger partial charge is 0.191 e. The zero-order chi connectivity index (χ0) is 17.1. The van der Waals surface area contributed by atoms with Gasteiger partial charge < -0.3 is 15.4 Å². The summed E-state index contributed by atoms with van der Waals surface area (Å²) in [6.07, 6.45) is 2.00. The second kappa shape index (κ2) is 10.2. The van der Waals surface area contributed by atoms with E-state index >= 15 is 0 Å². The van der Waals surface area contributed by atoms with Gasteiger partial charge in [0.05, 0.1) is 18.0 Å². The van der Waals surface area contributed by atoms with Crippen molar-refractivity contribution in [3.8, 4) is 0 Å². The Kier molecular flexibility index (Phi) is 8.65. The summed E-state index contributed by atoms with van der Waals surface area (Å²) in [5, 5.41) is 6.43. The van der Waals surface area contributed by atoms with Crippen molar-refractivity contribution in [2.75, 3.05) is 39.1 Å². The van der Waals surface area contributed by atoms with Crippen molar-refractivity contribution in [2.24, 2.45) is 4.99 Å². The third kappa shape index (κ3) is 7.99. The summed E-state index contributed by atoms with van der Waals surface area (Å²) < 4.78 is 28.1. The number of benzene rings is 1. The number of aliphatic imine (C=N–C) groups is 1. The molecule has 1 aromatic rings. The van der Waals surface area contributed by atoms with Crippen LogP contribution in [0.3, 0.4) is 0 Å². The zero-order valence-corrected chi connectivity index (χ0v) is 14.9.